The van der Waals surface area contributed by atoms with Gasteiger partial charge >= 0.3 is 0 Å². The van der Waals surface area contributed by atoms with Crippen LogP contribution in [-0.2, 0) is 9.59 Å². The third-order valence-electron chi connectivity index (χ3n) is 6.44. The number of amides is 2. The van der Waals surface area contributed by atoms with E-state index in [1.54, 1.807) is 0 Å². The lowest BCUT2D eigenvalue weighted by molar-refractivity contribution is -0.157. The number of rotatable bonds is 4. The van der Waals surface area contributed by atoms with Gasteiger partial charge in [0.15, 0.2) is 0 Å². The molecule has 0 aromatic heterocycles. The van der Waals surface area contributed by atoms with Crippen LogP contribution in [0, 0.1) is 11.8 Å². The van der Waals surface area contributed by atoms with Gasteiger partial charge in [-0.15, -0.1) is 0 Å². The first-order valence-corrected chi connectivity index (χ1v) is 10.1. The molecule has 2 bridgehead atoms. The zero-order valence-corrected chi connectivity index (χ0v) is 15.5. The van der Waals surface area contributed by atoms with E-state index in [2.05, 4.69) is 29.7 Å². The summed E-state index contributed by atoms with van der Waals surface area (Å²) in [6.45, 7) is 3.89. The van der Waals surface area contributed by atoms with Crippen LogP contribution >= 0.6 is 0 Å². The first kappa shape index (κ1) is 17.5. The van der Waals surface area contributed by atoms with Gasteiger partial charge in [-0.2, -0.15) is 0 Å². The molecule has 2 N–H and O–H groups in total. The van der Waals surface area contributed by atoms with Gasteiger partial charge in [0, 0.05) is 24.9 Å². The van der Waals surface area contributed by atoms with E-state index >= 15 is 0 Å². The van der Waals surface area contributed by atoms with E-state index in [0.29, 0.717) is 12.3 Å². The van der Waals surface area contributed by atoms with Gasteiger partial charge in [-0.25, -0.2) is 0 Å². The second-order valence-electron chi connectivity index (χ2n) is 8.00. The summed E-state index contributed by atoms with van der Waals surface area (Å²) >= 11 is 0. The van der Waals surface area contributed by atoms with Crippen LogP contribution in [0.3, 0.4) is 0 Å². The summed E-state index contributed by atoms with van der Waals surface area (Å²) in [6.07, 6.45) is 4.47. The van der Waals surface area contributed by atoms with E-state index in [0.717, 1.165) is 44.3 Å². The highest BCUT2D eigenvalue weighted by atomic mass is 16.2. The maximum absolute atomic E-state index is 13.3. The van der Waals surface area contributed by atoms with Crippen molar-refractivity contribution < 1.29 is 9.59 Å². The molecular formula is C21H29N3O2. The summed E-state index contributed by atoms with van der Waals surface area (Å²) in [6, 6.07) is 10.0. The summed E-state index contributed by atoms with van der Waals surface area (Å²) in [5, 5.41) is 6.75. The molecule has 0 spiro atoms. The molecule has 2 amide bonds. The first-order valence-electron chi connectivity index (χ1n) is 10.1. The molecule has 0 radical (unpaired) electrons. The van der Waals surface area contributed by atoms with Gasteiger partial charge in [0.05, 0.1) is 6.04 Å². The number of carbonyl (C=O) groups excluding carboxylic acids is 2. The molecular weight excluding hydrogens is 326 g/mol. The number of hydrogen-bond donors (Lipinski definition) is 2. The lowest BCUT2D eigenvalue weighted by atomic mass is 9.72. The Morgan fingerprint density at radius 1 is 1.27 bits per heavy atom. The Morgan fingerprint density at radius 2 is 2.04 bits per heavy atom. The number of benzene rings is 1. The van der Waals surface area contributed by atoms with E-state index in [-0.39, 0.29) is 35.9 Å². The van der Waals surface area contributed by atoms with Gasteiger partial charge in [-0.3, -0.25) is 9.59 Å². The number of nitrogens with one attached hydrogen (secondary N) is 2. The van der Waals surface area contributed by atoms with Crippen LogP contribution in [0.5, 0.6) is 0 Å². The molecule has 4 rings (SSSR count). The van der Waals surface area contributed by atoms with Crippen molar-refractivity contribution in [3.05, 3.63) is 35.9 Å². The zero-order chi connectivity index (χ0) is 18.1. The van der Waals surface area contributed by atoms with Crippen LogP contribution in [-0.4, -0.2) is 41.9 Å². The van der Waals surface area contributed by atoms with Crippen LogP contribution in [0.15, 0.2) is 30.3 Å². The second kappa shape index (κ2) is 7.39. The standard InChI is InChI=1S/C21H29N3O2/c1-2-17(14-7-4-3-5-8-14)23-21(26)20-16-11-15(12-22-13-16)18-9-6-10-19(25)24(18)20/h3-5,7-8,15-18,20,22H,2,6,9-13H2,1H3,(H,23,26)/t15-,16+,17+,18+,20-/m1/s1. The van der Waals surface area contributed by atoms with Crippen LogP contribution in [0.1, 0.15) is 50.6 Å². The van der Waals surface area contributed by atoms with Crippen molar-refractivity contribution in [3.8, 4) is 0 Å². The number of hydrogen-bond acceptors (Lipinski definition) is 3. The second-order valence-corrected chi connectivity index (χ2v) is 8.00. The van der Waals surface area contributed by atoms with Crippen molar-refractivity contribution in [2.45, 2.75) is 57.2 Å². The third-order valence-corrected chi connectivity index (χ3v) is 6.44. The molecule has 5 atom stereocenters. The van der Waals surface area contributed by atoms with E-state index in [9.17, 15) is 9.59 Å². The van der Waals surface area contributed by atoms with E-state index in [4.69, 9.17) is 0 Å². The summed E-state index contributed by atoms with van der Waals surface area (Å²) in [5.41, 5.74) is 1.13. The molecule has 5 nitrogen and oxygen atoms in total. The Labute approximate surface area is 155 Å². The summed E-state index contributed by atoms with van der Waals surface area (Å²) < 4.78 is 0. The zero-order valence-electron chi connectivity index (χ0n) is 15.5. The number of nitrogens with zero attached hydrogens (tertiary/aromatic N) is 1. The number of carbonyl (C=O) groups is 2. The Hall–Kier alpha value is -1.88. The molecule has 3 fully saturated rings. The molecule has 0 unspecified atom stereocenters. The SMILES string of the molecule is CC[C@H](NC(=O)[C@H]1[C@@H]2CNC[C@@H](C2)[C@@H]2CCCC(=O)N21)c1ccccc1. The third kappa shape index (κ3) is 3.13. The van der Waals surface area contributed by atoms with Gasteiger partial charge in [-0.05, 0) is 43.7 Å². The molecule has 3 aliphatic rings. The van der Waals surface area contributed by atoms with Crippen molar-refractivity contribution in [1.82, 2.24) is 15.5 Å². The van der Waals surface area contributed by atoms with Crippen LogP contribution in [0.2, 0.25) is 0 Å². The fraction of sp³-hybridized carbons (Fsp3) is 0.619. The van der Waals surface area contributed by atoms with E-state index < -0.39 is 0 Å². The van der Waals surface area contributed by atoms with Crippen molar-refractivity contribution >= 4 is 11.8 Å². The lowest BCUT2D eigenvalue weighted by Crippen LogP contribution is -2.68. The number of fused-ring (bicyclic) bond motifs is 4. The molecule has 3 aliphatic heterocycles. The molecule has 1 aromatic carbocycles. The highest BCUT2D eigenvalue weighted by Crippen LogP contribution is 2.39. The number of piperidine rings is 3. The van der Waals surface area contributed by atoms with Crippen molar-refractivity contribution in [1.29, 1.82) is 0 Å². The molecule has 140 valence electrons. The van der Waals surface area contributed by atoms with Crippen molar-refractivity contribution in [2.24, 2.45) is 11.8 Å². The summed E-state index contributed by atoms with van der Waals surface area (Å²) in [7, 11) is 0. The maximum Gasteiger partial charge on any atom is 0.243 e. The van der Waals surface area contributed by atoms with Gasteiger partial charge in [0.25, 0.3) is 0 Å². The Morgan fingerprint density at radius 3 is 2.81 bits per heavy atom. The van der Waals surface area contributed by atoms with Gasteiger partial charge < -0.3 is 15.5 Å². The van der Waals surface area contributed by atoms with Crippen LogP contribution in [0.25, 0.3) is 0 Å². The molecule has 0 saturated carbocycles. The molecule has 26 heavy (non-hydrogen) atoms. The van der Waals surface area contributed by atoms with Crippen LogP contribution < -0.4 is 10.6 Å². The molecule has 0 aliphatic carbocycles. The van der Waals surface area contributed by atoms with Crippen molar-refractivity contribution in [3.63, 3.8) is 0 Å². The Bertz CT molecular complexity index is 662. The minimum absolute atomic E-state index is 0.00341. The highest BCUT2D eigenvalue weighted by molar-refractivity contribution is 5.89. The predicted molar refractivity (Wildman–Crippen MR) is 100 cm³/mol. The van der Waals surface area contributed by atoms with Crippen molar-refractivity contribution in [2.75, 3.05) is 13.1 Å². The minimum atomic E-state index is -0.324. The smallest absolute Gasteiger partial charge is 0.243 e. The molecule has 1 aromatic rings. The van der Waals surface area contributed by atoms with E-state index in [1.165, 1.54) is 0 Å². The lowest BCUT2D eigenvalue weighted by Gasteiger charge is -2.54. The minimum Gasteiger partial charge on any atom is -0.348 e. The largest absolute Gasteiger partial charge is 0.348 e. The monoisotopic (exact) mass is 355 g/mol. The summed E-state index contributed by atoms with van der Waals surface area (Å²) in [5.74, 6) is 0.914. The quantitative estimate of drug-likeness (QED) is 0.871. The van der Waals surface area contributed by atoms with Crippen LogP contribution in [0.4, 0.5) is 0 Å². The fourth-order valence-corrected chi connectivity index (χ4v) is 5.21. The fourth-order valence-electron chi connectivity index (χ4n) is 5.21. The normalized spacial score (nSPS) is 31.9. The van der Waals surface area contributed by atoms with E-state index in [1.807, 2.05) is 23.1 Å². The van der Waals surface area contributed by atoms with Gasteiger partial charge in [0.1, 0.15) is 6.04 Å². The molecule has 3 heterocycles. The van der Waals surface area contributed by atoms with Gasteiger partial charge in [-0.1, -0.05) is 37.3 Å². The molecule has 5 heteroatoms. The van der Waals surface area contributed by atoms with Gasteiger partial charge in [0.2, 0.25) is 11.8 Å². The average Bonchev–Trinajstić information content (AvgIpc) is 2.68. The Balaban J connectivity index is 1.57. The first-order chi connectivity index (χ1) is 12.7. The topological polar surface area (TPSA) is 61.4 Å². The summed E-state index contributed by atoms with van der Waals surface area (Å²) in [4.78, 5) is 28.0. The average molecular weight is 355 g/mol. The maximum atomic E-state index is 13.3. The highest BCUT2D eigenvalue weighted by Gasteiger charge is 2.50. The predicted octanol–water partition coefficient (Wildman–Crippen LogP) is 2.24. The Kier molecular flexibility index (Phi) is 4.98. The molecule has 3 saturated heterocycles.